The molecule has 1 aliphatic rings. The molecule has 1 heterocycles. The Bertz CT molecular complexity index is 1200. The maximum atomic E-state index is 12.9. The lowest BCUT2D eigenvalue weighted by molar-refractivity contribution is 0.104. The maximum absolute atomic E-state index is 12.9. The lowest BCUT2D eigenvalue weighted by Crippen LogP contribution is -2.48. The molecule has 0 aromatic heterocycles. The summed E-state index contributed by atoms with van der Waals surface area (Å²) in [5, 5.41) is 0. The Morgan fingerprint density at radius 2 is 1.44 bits per heavy atom. The third-order valence-corrected chi connectivity index (χ3v) is 7.88. The number of piperazine rings is 1. The minimum absolute atomic E-state index is 0.0502. The second-order valence-electron chi connectivity index (χ2n) is 7.50. The Morgan fingerprint density at radius 1 is 0.812 bits per heavy atom. The Kier molecular flexibility index (Phi) is 6.89. The van der Waals surface area contributed by atoms with E-state index >= 15 is 0 Å². The smallest absolute Gasteiger partial charge is 0.243 e. The highest BCUT2D eigenvalue weighted by Gasteiger charge is 2.28. The standard InChI is InChI=1S/C25H23BrN2O3S/c26-22-9-13-24(14-10-22)32(30,31)28-18-16-27(17-19-28)23-11-7-21(8-12-23)25(29)15-6-20-4-2-1-3-5-20/h1-15H,16-19H2/b15-6+. The maximum Gasteiger partial charge on any atom is 0.243 e. The van der Waals surface area contributed by atoms with Crippen molar-refractivity contribution in [3.05, 3.63) is 101 Å². The van der Waals surface area contributed by atoms with Crippen molar-refractivity contribution in [1.29, 1.82) is 0 Å². The van der Waals surface area contributed by atoms with E-state index in [1.54, 1.807) is 36.4 Å². The average molecular weight is 511 g/mol. The largest absolute Gasteiger partial charge is 0.369 e. The summed E-state index contributed by atoms with van der Waals surface area (Å²) in [6.45, 7) is 2.02. The zero-order chi connectivity index (χ0) is 22.6. The highest BCUT2D eigenvalue weighted by Crippen LogP contribution is 2.23. The molecule has 1 fully saturated rings. The molecule has 5 nitrogen and oxygen atoms in total. The van der Waals surface area contributed by atoms with Gasteiger partial charge in [-0.3, -0.25) is 4.79 Å². The predicted octanol–water partition coefficient (Wildman–Crippen LogP) is 4.86. The number of allylic oxidation sites excluding steroid dienone is 1. The summed E-state index contributed by atoms with van der Waals surface area (Å²) in [4.78, 5) is 14.9. The molecule has 0 spiro atoms. The Labute approximate surface area is 197 Å². The summed E-state index contributed by atoms with van der Waals surface area (Å²) in [6.07, 6.45) is 3.39. The van der Waals surface area contributed by atoms with Gasteiger partial charge in [-0.1, -0.05) is 52.3 Å². The number of anilines is 1. The van der Waals surface area contributed by atoms with Crippen molar-refractivity contribution in [2.24, 2.45) is 0 Å². The van der Waals surface area contributed by atoms with Crippen LogP contribution in [0, 0.1) is 0 Å². The molecule has 0 bridgehead atoms. The highest BCUT2D eigenvalue weighted by molar-refractivity contribution is 9.10. The van der Waals surface area contributed by atoms with Gasteiger partial charge in [-0.15, -0.1) is 0 Å². The van der Waals surface area contributed by atoms with E-state index in [-0.39, 0.29) is 5.78 Å². The van der Waals surface area contributed by atoms with Gasteiger partial charge in [0.15, 0.2) is 5.78 Å². The average Bonchev–Trinajstić information content (AvgIpc) is 2.84. The summed E-state index contributed by atoms with van der Waals surface area (Å²) in [6, 6.07) is 23.9. The number of nitrogens with zero attached hydrogens (tertiary/aromatic N) is 2. The zero-order valence-electron chi connectivity index (χ0n) is 17.4. The van der Waals surface area contributed by atoms with Gasteiger partial charge in [-0.25, -0.2) is 8.42 Å². The normalized spacial score (nSPS) is 15.2. The topological polar surface area (TPSA) is 57.7 Å². The number of hydrogen-bond acceptors (Lipinski definition) is 4. The number of halogens is 1. The minimum atomic E-state index is -3.50. The molecule has 3 aromatic carbocycles. The van der Waals surface area contributed by atoms with Crippen molar-refractivity contribution in [2.45, 2.75) is 4.90 Å². The fourth-order valence-electron chi connectivity index (χ4n) is 3.61. The summed E-state index contributed by atoms with van der Waals surface area (Å²) in [7, 11) is -3.50. The zero-order valence-corrected chi connectivity index (χ0v) is 19.8. The van der Waals surface area contributed by atoms with E-state index in [1.807, 2.05) is 54.6 Å². The quantitative estimate of drug-likeness (QED) is 0.351. The summed E-state index contributed by atoms with van der Waals surface area (Å²) >= 11 is 3.34. The van der Waals surface area contributed by atoms with Crippen LogP contribution >= 0.6 is 15.9 Å². The van der Waals surface area contributed by atoms with E-state index in [0.717, 1.165) is 15.7 Å². The van der Waals surface area contributed by atoms with Gasteiger partial charge in [0.25, 0.3) is 0 Å². The van der Waals surface area contributed by atoms with Crippen molar-refractivity contribution in [1.82, 2.24) is 4.31 Å². The first-order chi connectivity index (χ1) is 15.4. The lowest BCUT2D eigenvalue weighted by atomic mass is 10.1. The molecule has 7 heteroatoms. The molecule has 1 aliphatic heterocycles. The molecule has 0 atom stereocenters. The van der Waals surface area contributed by atoms with E-state index in [2.05, 4.69) is 20.8 Å². The van der Waals surface area contributed by atoms with Gasteiger partial charge >= 0.3 is 0 Å². The molecule has 1 saturated heterocycles. The number of benzene rings is 3. The summed E-state index contributed by atoms with van der Waals surface area (Å²) in [5.74, 6) is -0.0502. The molecule has 0 radical (unpaired) electrons. The van der Waals surface area contributed by atoms with E-state index in [9.17, 15) is 13.2 Å². The molecule has 0 amide bonds. The third-order valence-electron chi connectivity index (χ3n) is 5.43. The van der Waals surface area contributed by atoms with Crippen LogP contribution in [0.25, 0.3) is 6.08 Å². The Hall–Kier alpha value is -2.74. The number of sulfonamides is 1. The molecule has 0 unspecified atom stereocenters. The van der Waals surface area contributed by atoms with Crippen LogP contribution in [0.4, 0.5) is 5.69 Å². The van der Waals surface area contributed by atoms with E-state index < -0.39 is 10.0 Å². The molecule has 0 saturated carbocycles. The first kappa shape index (κ1) is 22.5. The van der Waals surface area contributed by atoms with Crippen LogP contribution in [0.3, 0.4) is 0 Å². The molecular formula is C25H23BrN2O3S. The Balaban J connectivity index is 1.37. The van der Waals surface area contributed by atoms with Crippen LogP contribution in [0.1, 0.15) is 15.9 Å². The van der Waals surface area contributed by atoms with Crippen LogP contribution in [0.2, 0.25) is 0 Å². The van der Waals surface area contributed by atoms with Crippen molar-refractivity contribution in [2.75, 3.05) is 31.1 Å². The van der Waals surface area contributed by atoms with Crippen molar-refractivity contribution in [3.8, 4) is 0 Å². The first-order valence-corrected chi connectivity index (χ1v) is 12.5. The molecule has 0 N–H and O–H groups in total. The molecular weight excluding hydrogens is 488 g/mol. The number of hydrogen-bond donors (Lipinski definition) is 0. The van der Waals surface area contributed by atoms with Gasteiger partial charge in [-0.05, 0) is 60.2 Å². The van der Waals surface area contributed by atoms with Gasteiger partial charge in [0, 0.05) is 41.9 Å². The van der Waals surface area contributed by atoms with Gasteiger partial charge in [0.1, 0.15) is 0 Å². The number of rotatable bonds is 6. The number of carbonyl (C=O) groups excluding carboxylic acids is 1. The number of ketones is 1. The van der Waals surface area contributed by atoms with Crippen LogP contribution in [0.15, 0.2) is 94.3 Å². The Morgan fingerprint density at radius 3 is 2.06 bits per heavy atom. The van der Waals surface area contributed by atoms with Gasteiger partial charge in [0.05, 0.1) is 4.90 Å². The van der Waals surface area contributed by atoms with Gasteiger partial charge < -0.3 is 4.90 Å². The lowest BCUT2D eigenvalue weighted by Gasteiger charge is -2.35. The second-order valence-corrected chi connectivity index (χ2v) is 10.4. The van der Waals surface area contributed by atoms with Crippen LogP contribution in [-0.4, -0.2) is 44.7 Å². The third kappa shape index (κ3) is 5.18. The second kappa shape index (κ2) is 9.81. The van der Waals surface area contributed by atoms with Crippen LogP contribution < -0.4 is 4.90 Å². The van der Waals surface area contributed by atoms with Crippen molar-refractivity contribution < 1.29 is 13.2 Å². The van der Waals surface area contributed by atoms with Gasteiger partial charge in [0.2, 0.25) is 10.0 Å². The van der Waals surface area contributed by atoms with E-state index in [0.29, 0.717) is 36.6 Å². The highest BCUT2D eigenvalue weighted by atomic mass is 79.9. The summed E-state index contributed by atoms with van der Waals surface area (Å²) in [5.41, 5.74) is 2.58. The van der Waals surface area contributed by atoms with Crippen molar-refractivity contribution in [3.63, 3.8) is 0 Å². The minimum Gasteiger partial charge on any atom is -0.369 e. The molecule has 0 aliphatic carbocycles. The van der Waals surface area contributed by atoms with Crippen LogP contribution in [-0.2, 0) is 10.0 Å². The number of carbonyl (C=O) groups is 1. The molecule has 4 rings (SSSR count). The van der Waals surface area contributed by atoms with E-state index in [1.165, 1.54) is 4.31 Å². The predicted molar refractivity (Wildman–Crippen MR) is 131 cm³/mol. The molecule has 164 valence electrons. The summed E-state index contributed by atoms with van der Waals surface area (Å²) < 4.78 is 28.1. The van der Waals surface area contributed by atoms with Crippen molar-refractivity contribution >= 4 is 43.5 Å². The molecule has 32 heavy (non-hydrogen) atoms. The fourth-order valence-corrected chi connectivity index (χ4v) is 5.30. The molecule has 3 aromatic rings. The monoisotopic (exact) mass is 510 g/mol. The van der Waals surface area contributed by atoms with E-state index in [4.69, 9.17) is 0 Å². The SMILES string of the molecule is O=C(/C=C/c1ccccc1)c1ccc(N2CCN(S(=O)(=O)c3ccc(Br)cc3)CC2)cc1. The van der Waals surface area contributed by atoms with Gasteiger partial charge in [-0.2, -0.15) is 4.31 Å². The van der Waals surface area contributed by atoms with Crippen LogP contribution in [0.5, 0.6) is 0 Å². The fraction of sp³-hybridized carbons (Fsp3) is 0.160. The first-order valence-electron chi connectivity index (χ1n) is 10.3.